The Bertz CT molecular complexity index is 149. The van der Waals surface area contributed by atoms with Gasteiger partial charge in [-0.2, -0.15) is 5.11 Å². The van der Waals surface area contributed by atoms with E-state index in [9.17, 15) is 4.79 Å². The SMILES string of the molecule is CNC(=O)N(C)N=NCCCl. The van der Waals surface area contributed by atoms with Crippen molar-refractivity contribution in [1.29, 1.82) is 0 Å². The van der Waals surface area contributed by atoms with Gasteiger partial charge in [-0.3, -0.25) is 0 Å². The molecule has 0 fully saturated rings. The average molecular weight is 179 g/mol. The summed E-state index contributed by atoms with van der Waals surface area (Å²) < 4.78 is 0. The fraction of sp³-hybridized carbons (Fsp3) is 0.800. The van der Waals surface area contributed by atoms with Gasteiger partial charge in [0.25, 0.3) is 0 Å². The third-order valence-corrected chi connectivity index (χ3v) is 1.06. The minimum absolute atomic E-state index is 0.302. The van der Waals surface area contributed by atoms with E-state index in [0.717, 1.165) is 5.01 Å². The number of nitrogens with zero attached hydrogens (tertiary/aromatic N) is 3. The highest BCUT2D eigenvalue weighted by atomic mass is 35.5. The number of rotatable bonds is 3. The monoisotopic (exact) mass is 178 g/mol. The van der Waals surface area contributed by atoms with Crippen molar-refractivity contribution in [2.75, 3.05) is 26.5 Å². The lowest BCUT2D eigenvalue weighted by Crippen LogP contribution is -2.30. The molecule has 0 saturated heterocycles. The van der Waals surface area contributed by atoms with Gasteiger partial charge in [0.15, 0.2) is 0 Å². The molecule has 0 unspecified atom stereocenters. The van der Waals surface area contributed by atoms with Gasteiger partial charge in [-0.25, -0.2) is 9.80 Å². The Labute approximate surface area is 70.4 Å². The first kappa shape index (κ1) is 10.2. The third kappa shape index (κ3) is 4.55. The van der Waals surface area contributed by atoms with Crippen LogP contribution in [0.2, 0.25) is 0 Å². The lowest BCUT2D eigenvalue weighted by molar-refractivity contribution is 0.209. The van der Waals surface area contributed by atoms with Crippen LogP contribution >= 0.6 is 11.6 Å². The maximum absolute atomic E-state index is 10.7. The van der Waals surface area contributed by atoms with Crippen LogP contribution in [0.5, 0.6) is 0 Å². The molecule has 0 aromatic carbocycles. The van der Waals surface area contributed by atoms with Crippen LogP contribution in [-0.4, -0.2) is 37.6 Å². The first-order chi connectivity index (χ1) is 5.22. The van der Waals surface area contributed by atoms with Crippen molar-refractivity contribution in [3.63, 3.8) is 0 Å². The molecule has 0 aromatic rings. The minimum atomic E-state index is -0.302. The number of carbonyl (C=O) groups is 1. The molecule has 0 atom stereocenters. The zero-order valence-electron chi connectivity index (χ0n) is 6.54. The number of hydrogen-bond donors (Lipinski definition) is 1. The van der Waals surface area contributed by atoms with E-state index in [1.807, 2.05) is 0 Å². The molecule has 11 heavy (non-hydrogen) atoms. The largest absolute Gasteiger partial charge is 0.340 e. The lowest BCUT2D eigenvalue weighted by Gasteiger charge is -2.06. The second-order valence-electron chi connectivity index (χ2n) is 1.72. The molecule has 64 valence electrons. The Morgan fingerprint density at radius 1 is 1.73 bits per heavy atom. The van der Waals surface area contributed by atoms with E-state index >= 15 is 0 Å². The summed E-state index contributed by atoms with van der Waals surface area (Å²) in [5.74, 6) is 0.408. The van der Waals surface area contributed by atoms with Gasteiger partial charge in [-0.05, 0) is 0 Å². The van der Waals surface area contributed by atoms with Crippen LogP contribution in [-0.2, 0) is 0 Å². The number of alkyl halides is 1. The molecule has 2 amide bonds. The molecule has 5 nitrogen and oxygen atoms in total. The average Bonchev–Trinajstić information content (AvgIpc) is 2.03. The van der Waals surface area contributed by atoms with Gasteiger partial charge in [0.05, 0.1) is 6.54 Å². The van der Waals surface area contributed by atoms with E-state index in [1.54, 1.807) is 0 Å². The number of amides is 2. The summed E-state index contributed by atoms with van der Waals surface area (Å²) in [5, 5.41) is 10.7. The first-order valence-electron chi connectivity index (χ1n) is 3.11. The van der Waals surface area contributed by atoms with E-state index in [4.69, 9.17) is 11.6 Å². The van der Waals surface area contributed by atoms with Gasteiger partial charge >= 0.3 is 6.03 Å². The van der Waals surface area contributed by atoms with Crippen molar-refractivity contribution in [3.8, 4) is 0 Å². The quantitative estimate of drug-likeness (QED) is 0.389. The van der Waals surface area contributed by atoms with Crippen LogP contribution in [0, 0.1) is 0 Å². The van der Waals surface area contributed by atoms with Gasteiger partial charge in [0, 0.05) is 20.0 Å². The van der Waals surface area contributed by atoms with Crippen molar-refractivity contribution in [3.05, 3.63) is 0 Å². The maximum atomic E-state index is 10.7. The van der Waals surface area contributed by atoms with E-state index in [0.29, 0.717) is 12.4 Å². The van der Waals surface area contributed by atoms with Crippen LogP contribution in [0.3, 0.4) is 0 Å². The smallest absolute Gasteiger partial charge is 0.338 e. The van der Waals surface area contributed by atoms with Crippen molar-refractivity contribution in [2.24, 2.45) is 10.3 Å². The predicted octanol–water partition coefficient (Wildman–Crippen LogP) is 0.864. The molecule has 1 N–H and O–H groups in total. The molecular formula is C5H11ClN4O. The summed E-state index contributed by atoms with van der Waals surface area (Å²) in [5.41, 5.74) is 0. The van der Waals surface area contributed by atoms with Crippen molar-refractivity contribution in [2.45, 2.75) is 0 Å². The Kier molecular flexibility index (Phi) is 5.46. The highest BCUT2D eigenvalue weighted by Gasteiger charge is 2.01. The van der Waals surface area contributed by atoms with Gasteiger partial charge < -0.3 is 5.32 Å². The molecule has 0 radical (unpaired) electrons. The highest BCUT2D eigenvalue weighted by Crippen LogP contribution is 1.86. The van der Waals surface area contributed by atoms with Crippen LogP contribution in [0.15, 0.2) is 10.3 Å². The second-order valence-corrected chi connectivity index (χ2v) is 2.10. The highest BCUT2D eigenvalue weighted by molar-refractivity contribution is 6.18. The van der Waals surface area contributed by atoms with Crippen LogP contribution in [0.1, 0.15) is 0 Å². The van der Waals surface area contributed by atoms with E-state index in [1.165, 1.54) is 14.1 Å². The van der Waals surface area contributed by atoms with E-state index in [-0.39, 0.29) is 6.03 Å². The summed E-state index contributed by atoms with van der Waals surface area (Å²) in [6, 6.07) is -0.302. The summed E-state index contributed by atoms with van der Waals surface area (Å²) >= 11 is 5.33. The van der Waals surface area contributed by atoms with Crippen molar-refractivity contribution in [1.82, 2.24) is 10.3 Å². The number of hydrogen-bond acceptors (Lipinski definition) is 3. The topological polar surface area (TPSA) is 57.1 Å². The standard InChI is InChI=1S/C5H11ClN4O/c1-7-5(11)10(2)9-8-4-3-6/h3-4H2,1-2H3,(H,7,11). The maximum Gasteiger partial charge on any atom is 0.338 e. The second kappa shape index (κ2) is 5.91. The molecule has 0 aliphatic carbocycles. The molecule has 0 saturated carbocycles. The zero-order chi connectivity index (χ0) is 8.69. The number of halogens is 1. The Morgan fingerprint density at radius 3 is 2.82 bits per heavy atom. The minimum Gasteiger partial charge on any atom is -0.340 e. The Morgan fingerprint density at radius 2 is 2.36 bits per heavy atom. The molecule has 0 rings (SSSR count). The predicted molar refractivity (Wildman–Crippen MR) is 42.7 cm³/mol. The normalized spacial score (nSPS) is 10.1. The van der Waals surface area contributed by atoms with Crippen LogP contribution in [0.25, 0.3) is 0 Å². The Balaban J connectivity index is 3.66. The molecular weight excluding hydrogens is 168 g/mol. The molecule has 0 aliphatic heterocycles. The van der Waals surface area contributed by atoms with Crippen molar-refractivity contribution >= 4 is 17.6 Å². The van der Waals surface area contributed by atoms with Crippen LogP contribution in [0.4, 0.5) is 4.79 Å². The summed E-state index contributed by atoms with van der Waals surface area (Å²) in [6.45, 7) is 0.420. The molecule has 6 heteroatoms. The van der Waals surface area contributed by atoms with E-state index in [2.05, 4.69) is 15.7 Å². The zero-order valence-corrected chi connectivity index (χ0v) is 7.30. The van der Waals surface area contributed by atoms with Gasteiger partial charge in [0.1, 0.15) is 0 Å². The fourth-order valence-electron chi connectivity index (χ4n) is 0.380. The lowest BCUT2D eigenvalue weighted by atomic mass is 10.8. The third-order valence-electron chi connectivity index (χ3n) is 0.890. The van der Waals surface area contributed by atoms with Gasteiger partial charge in [0.2, 0.25) is 0 Å². The van der Waals surface area contributed by atoms with Gasteiger partial charge in [-0.1, -0.05) is 5.22 Å². The summed E-state index contributed by atoms with van der Waals surface area (Å²) in [4.78, 5) is 10.7. The van der Waals surface area contributed by atoms with Gasteiger partial charge in [-0.15, -0.1) is 11.6 Å². The number of nitrogens with one attached hydrogen (secondary N) is 1. The molecule has 0 bridgehead atoms. The van der Waals surface area contributed by atoms with Crippen LogP contribution < -0.4 is 5.32 Å². The van der Waals surface area contributed by atoms with E-state index < -0.39 is 0 Å². The fourth-order valence-corrected chi connectivity index (χ4v) is 0.455. The van der Waals surface area contributed by atoms with Crippen molar-refractivity contribution < 1.29 is 4.79 Å². The molecule has 0 aliphatic rings. The summed E-state index contributed by atoms with van der Waals surface area (Å²) in [7, 11) is 3.03. The number of urea groups is 1. The Hall–Kier alpha value is -0.840. The molecule has 0 heterocycles. The molecule has 0 aromatic heterocycles. The summed E-state index contributed by atoms with van der Waals surface area (Å²) in [6.07, 6.45) is 0. The first-order valence-corrected chi connectivity index (χ1v) is 3.64. The number of carbonyl (C=O) groups excluding carboxylic acids is 1. The molecule has 0 spiro atoms.